The Morgan fingerprint density at radius 1 is 1.33 bits per heavy atom. The maximum Gasteiger partial charge on any atom is 0.261 e. The number of benzene rings is 1. The van der Waals surface area contributed by atoms with Crippen LogP contribution in [0, 0.1) is 0 Å². The lowest BCUT2D eigenvalue weighted by atomic mass is 10.3. The minimum absolute atomic E-state index is 0.0372. The van der Waals surface area contributed by atoms with Gasteiger partial charge in [-0.25, -0.2) is 13.4 Å². The third-order valence-corrected chi connectivity index (χ3v) is 3.65. The number of rotatable bonds is 4. The molecule has 0 unspecified atom stereocenters. The van der Waals surface area contributed by atoms with Gasteiger partial charge in [0.25, 0.3) is 9.05 Å². The Bertz CT molecular complexity index is 637. The van der Waals surface area contributed by atoms with Gasteiger partial charge in [0.1, 0.15) is 18.7 Å². The Morgan fingerprint density at radius 3 is 2.50 bits per heavy atom. The van der Waals surface area contributed by atoms with Gasteiger partial charge in [-0.2, -0.15) is 5.10 Å². The highest BCUT2D eigenvalue weighted by Gasteiger charge is 2.09. The summed E-state index contributed by atoms with van der Waals surface area (Å²) in [5, 5.41) is 3.90. The molecule has 1 aromatic heterocycles. The first-order chi connectivity index (χ1) is 8.47. The number of halogens is 1. The van der Waals surface area contributed by atoms with Crippen LogP contribution < -0.4 is 4.74 Å². The van der Waals surface area contributed by atoms with Crippen LogP contribution in [0.15, 0.2) is 35.5 Å². The lowest BCUT2D eigenvalue weighted by Gasteiger charge is -2.05. The van der Waals surface area contributed by atoms with Crippen LogP contribution in [0.3, 0.4) is 0 Å². The molecule has 0 N–H and O–H groups in total. The van der Waals surface area contributed by atoms with Crippen LogP contribution >= 0.6 is 10.7 Å². The summed E-state index contributed by atoms with van der Waals surface area (Å²) in [4.78, 5) is 4.03. The van der Waals surface area contributed by atoms with Crippen LogP contribution in [0.25, 0.3) is 0 Å². The maximum atomic E-state index is 11.0. The van der Waals surface area contributed by atoms with Crippen molar-refractivity contribution in [3.63, 3.8) is 0 Å². The number of ether oxygens (including phenoxy) is 1. The van der Waals surface area contributed by atoms with Crippen molar-refractivity contribution in [2.45, 2.75) is 11.5 Å². The fraction of sp³-hybridized carbons (Fsp3) is 0.200. The van der Waals surface area contributed by atoms with Crippen molar-refractivity contribution in [1.82, 2.24) is 14.8 Å². The van der Waals surface area contributed by atoms with Gasteiger partial charge in [-0.3, -0.25) is 4.68 Å². The van der Waals surface area contributed by atoms with Crippen LogP contribution in [0.5, 0.6) is 5.75 Å². The second-order valence-corrected chi connectivity index (χ2v) is 6.06. The van der Waals surface area contributed by atoms with E-state index in [9.17, 15) is 8.42 Å². The molecule has 0 aliphatic heterocycles. The topological polar surface area (TPSA) is 74.1 Å². The molecule has 1 aromatic carbocycles. The van der Waals surface area contributed by atoms with Crippen LogP contribution in [-0.2, 0) is 22.7 Å². The Balaban J connectivity index is 2.05. The van der Waals surface area contributed by atoms with Gasteiger partial charge >= 0.3 is 0 Å². The van der Waals surface area contributed by atoms with Crippen molar-refractivity contribution in [1.29, 1.82) is 0 Å². The van der Waals surface area contributed by atoms with Crippen LogP contribution in [0.2, 0.25) is 0 Å². The van der Waals surface area contributed by atoms with E-state index in [0.29, 0.717) is 11.6 Å². The molecule has 0 atom stereocenters. The minimum Gasteiger partial charge on any atom is -0.486 e. The van der Waals surface area contributed by atoms with Crippen LogP contribution in [-0.4, -0.2) is 23.2 Å². The molecule has 8 heteroatoms. The van der Waals surface area contributed by atoms with E-state index in [1.54, 1.807) is 11.7 Å². The second kappa shape index (κ2) is 4.95. The molecule has 96 valence electrons. The van der Waals surface area contributed by atoms with Gasteiger partial charge in [-0.1, -0.05) is 0 Å². The summed E-state index contributed by atoms with van der Waals surface area (Å²) < 4.78 is 29.1. The van der Waals surface area contributed by atoms with E-state index in [0.717, 1.165) is 0 Å². The second-order valence-electron chi connectivity index (χ2n) is 3.50. The fourth-order valence-corrected chi connectivity index (χ4v) is 2.07. The minimum atomic E-state index is -3.69. The van der Waals surface area contributed by atoms with Gasteiger partial charge in [-0.15, -0.1) is 0 Å². The number of aromatic nitrogens is 3. The molecule has 1 heterocycles. The zero-order valence-electron chi connectivity index (χ0n) is 9.45. The summed E-state index contributed by atoms with van der Waals surface area (Å²) in [5.74, 6) is 1.20. The predicted octanol–water partition coefficient (Wildman–Crippen LogP) is 1.32. The van der Waals surface area contributed by atoms with Gasteiger partial charge in [0.15, 0.2) is 5.82 Å². The molecule has 2 rings (SSSR count). The van der Waals surface area contributed by atoms with E-state index >= 15 is 0 Å². The summed E-state index contributed by atoms with van der Waals surface area (Å²) in [6.45, 7) is 0.253. The number of nitrogens with zero attached hydrogens (tertiary/aromatic N) is 3. The molecule has 0 saturated carbocycles. The van der Waals surface area contributed by atoms with Gasteiger partial charge in [0.2, 0.25) is 0 Å². The third kappa shape index (κ3) is 2.99. The smallest absolute Gasteiger partial charge is 0.261 e. The van der Waals surface area contributed by atoms with E-state index in [4.69, 9.17) is 15.4 Å². The average Bonchev–Trinajstić information content (AvgIpc) is 2.72. The molecule has 0 bridgehead atoms. The summed E-state index contributed by atoms with van der Waals surface area (Å²) in [7, 11) is 3.26. The Labute approximate surface area is 109 Å². The zero-order chi connectivity index (χ0) is 13.2. The van der Waals surface area contributed by atoms with Crippen LogP contribution in [0.1, 0.15) is 5.82 Å². The summed E-state index contributed by atoms with van der Waals surface area (Å²) in [6, 6.07) is 5.83. The number of hydrogen-bond donors (Lipinski definition) is 0. The van der Waals surface area contributed by atoms with Gasteiger partial charge < -0.3 is 4.74 Å². The monoisotopic (exact) mass is 287 g/mol. The average molecular weight is 288 g/mol. The fourth-order valence-electron chi connectivity index (χ4n) is 1.30. The lowest BCUT2D eigenvalue weighted by Crippen LogP contribution is -2.04. The first kappa shape index (κ1) is 12.8. The normalized spacial score (nSPS) is 11.4. The lowest BCUT2D eigenvalue weighted by molar-refractivity contribution is 0.289. The molecule has 0 aliphatic carbocycles. The van der Waals surface area contributed by atoms with Crippen molar-refractivity contribution in [3.8, 4) is 5.75 Å². The zero-order valence-corrected chi connectivity index (χ0v) is 11.0. The Morgan fingerprint density at radius 2 is 2.00 bits per heavy atom. The molecule has 2 aromatic rings. The SMILES string of the molecule is Cn1ncnc1COc1ccc(S(=O)(=O)Cl)cc1. The molecule has 0 saturated heterocycles. The quantitative estimate of drug-likeness (QED) is 0.793. The molecule has 0 radical (unpaired) electrons. The van der Waals surface area contributed by atoms with Gasteiger partial charge in [0.05, 0.1) is 4.90 Å². The van der Waals surface area contributed by atoms with E-state index in [-0.39, 0.29) is 11.5 Å². The molecule has 0 spiro atoms. The van der Waals surface area contributed by atoms with E-state index in [1.807, 2.05) is 0 Å². The van der Waals surface area contributed by atoms with Crippen molar-refractivity contribution in [3.05, 3.63) is 36.4 Å². The first-order valence-electron chi connectivity index (χ1n) is 4.97. The summed E-state index contributed by atoms with van der Waals surface area (Å²) >= 11 is 0. The molecule has 0 aliphatic rings. The summed E-state index contributed by atoms with van der Waals surface area (Å²) in [5.41, 5.74) is 0. The van der Waals surface area contributed by atoms with E-state index in [2.05, 4.69) is 10.1 Å². The molecule has 0 fully saturated rings. The highest BCUT2D eigenvalue weighted by Crippen LogP contribution is 2.19. The van der Waals surface area contributed by atoms with Crippen molar-refractivity contribution >= 4 is 19.7 Å². The number of aryl methyl sites for hydroxylation is 1. The Hall–Kier alpha value is -1.60. The first-order valence-corrected chi connectivity index (χ1v) is 7.28. The molecule has 6 nitrogen and oxygen atoms in total. The van der Waals surface area contributed by atoms with Crippen molar-refractivity contribution < 1.29 is 13.2 Å². The molecule has 0 amide bonds. The highest BCUT2D eigenvalue weighted by molar-refractivity contribution is 8.13. The van der Waals surface area contributed by atoms with E-state index < -0.39 is 9.05 Å². The molecule has 18 heavy (non-hydrogen) atoms. The largest absolute Gasteiger partial charge is 0.486 e. The maximum absolute atomic E-state index is 11.0. The molecular weight excluding hydrogens is 278 g/mol. The number of hydrogen-bond acceptors (Lipinski definition) is 5. The van der Waals surface area contributed by atoms with Crippen molar-refractivity contribution in [2.75, 3.05) is 0 Å². The van der Waals surface area contributed by atoms with E-state index in [1.165, 1.54) is 30.6 Å². The third-order valence-electron chi connectivity index (χ3n) is 2.28. The van der Waals surface area contributed by atoms with Crippen LogP contribution in [0.4, 0.5) is 0 Å². The highest BCUT2D eigenvalue weighted by atomic mass is 35.7. The van der Waals surface area contributed by atoms with Gasteiger partial charge in [0, 0.05) is 17.7 Å². The van der Waals surface area contributed by atoms with Gasteiger partial charge in [-0.05, 0) is 24.3 Å². The molecular formula is C10H10ClN3O3S. The summed E-state index contributed by atoms with van der Waals surface area (Å²) in [6.07, 6.45) is 1.43. The Kier molecular flexibility index (Phi) is 3.53. The van der Waals surface area contributed by atoms with Crippen molar-refractivity contribution in [2.24, 2.45) is 7.05 Å². The predicted molar refractivity (Wildman–Crippen MR) is 64.8 cm³/mol. The standard InChI is InChI=1S/C10H10ClN3O3S/c1-14-10(12-7-13-14)6-17-8-2-4-9(5-3-8)18(11,15)16/h2-5,7H,6H2,1H3.